The van der Waals surface area contributed by atoms with Crippen LogP contribution >= 0.6 is 11.6 Å². The summed E-state index contributed by atoms with van der Waals surface area (Å²) in [4.78, 5) is 28.7. The number of nitrogens with zero attached hydrogens (tertiary/aromatic N) is 1. The molecule has 1 amide bonds. The summed E-state index contributed by atoms with van der Waals surface area (Å²) >= 11 is 6.42. The third-order valence-corrected chi connectivity index (χ3v) is 6.56. The molecule has 1 aromatic heterocycles. The Labute approximate surface area is 239 Å². The summed E-state index contributed by atoms with van der Waals surface area (Å²) in [5, 5.41) is 4.97. The van der Waals surface area contributed by atoms with Crippen LogP contribution in [0.3, 0.4) is 0 Å². The van der Waals surface area contributed by atoms with Gasteiger partial charge in [-0.05, 0) is 54.1 Å². The number of benzene rings is 4. The summed E-state index contributed by atoms with van der Waals surface area (Å²) in [6.07, 6.45) is 1.40. The number of aromatic amines is 1. The van der Waals surface area contributed by atoms with Crippen LogP contribution in [0.4, 0.5) is 4.39 Å². The van der Waals surface area contributed by atoms with E-state index in [1.54, 1.807) is 78.9 Å². The molecule has 5 aromatic rings. The van der Waals surface area contributed by atoms with E-state index in [0.717, 1.165) is 0 Å². The predicted molar refractivity (Wildman–Crippen MR) is 155 cm³/mol. The molecule has 1 heterocycles. The number of carbonyl (C=O) groups excluding carboxylic acids is 2. The third-order valence-electron chi connectivity index (χ3n) is 6.23. The van der Waals surface area contributed by atoms with Gasteiger partial charge in [-0.3, -0.25) is 4.79 Å². The van der Waals surface area contributed by atoms with E-state index in [-0.39, 0.29) is 22.7 Å². The van der Waals surface area contributed by atoms with Gasteiger partial charge in [0, 0.05) is 21.5 Å². The number of fused-ring (bicyclic) bond motifs is 1. The van der Waals surface area contributed by atoms with Gasteiger partial charge >= 0.3 is 5.97 Å². The maximum absolute atomic E-state index is 14.6. The second kappa shape index (κ2) is 11.9. The van der Waals surface area contributed by atoms with E-state index in [4.69, 9.17) is 25.8 Å². The van der Waals surface area contributed by atoms with Crippen molar-refractivity contribution in [1.29, 1.82) is 0 Å². The molecule has 2 N–H and O–H groups in total. The number of esters is 1. The predicted octanol–water partition coefficient (Wildman–Crippen LogP) is 6.63. The van der Waals surface area contributed by atoms with Crippen molar-refractivity contribution in [2.45, 2.75) is 0 Å². The molecule has 41 heavy (non-hydrogen) atoms. The number of amides is 1. The normalized spacial score (nSPS) is 11.0. The molecular weight excluding hydrogens is 549 g/mol. The van der Waals surface area contributed by atoms with E-state index in [2.05, 4.69) is 15.5 Å². The van der Waals surface area contributed by atoms with Crippen LogP contribution in [0.2, 0.25) is 5.02 Å². The number of H-pyrrole nitrogens is 1. The van der Waals surface area contributed by atoms with Gasteiger partial charge in [-0.15, -0.1) is 0 Å². The molecule has 0 radical (unpaired) electrons. The van der Waals surface area contributed by atoms with Gasteiger partial charge in [-0.2, -0.15) is 5.10 Å². The molecule has 8 nitrogen and oxygen atoms in total. The number of nitrogens with one attached hydrogen (secondary N) is 2. The van der Waals surface area contributed by atoms with Gasteiger partial charge in [0.1, 0.15) is 17.3 Å². The minimum Gasteiger partial charge on any atom is -0.497 e. The molecule has 0 saturated heterocycles. The lowest BCUT2D eigenvalue weighted by Crippen LogP contribution is -2.19. The Hall–Kier alpha value is -5.15. The highest BCUT2D eigenvalue weighted by atomic mass is 35.5. The number of rotatable bonds is 8. The summed E-state index contributed by atoms with van der Waals surface area (Å²) in [5.41, 5.74) is 4.65. The van der Waals surface area contributed by atoms with Gasteiger partial charge < -0.3 is 19.2 Å². The van der Waals surface area contributed by atoms with Crippen LogP contribution in [0, 0.1) is 5.82 Å². The maximum atomic E-state index is 14.6. The lowest BCUT2D eigenvalue weighted by Gasteiger charge is -2.10. The quantitative estimate of drug-likeness (QED) is 0.0942. The second-order valence-corrected chi connectivity index (χ2v) is 9.16. The Bertz CT molecular complexity index is 1800. The van der Waals surface area contributed by atoms with Crippen molar-refractivity contribution in [3.63, 3.8) is 0 Å². The van der Waals surface area contributed by atoms with E-state index in [1.807, 2.05) is 0 Å². The molecule has 0 saturated carbocycles. The molecule has 206 valence electrons. The zero-order valence-corrected chi connectivity index (χ0v) is 22.7. The Morgan fingerprint density at radius 1 is 0.927 bits per heavy atom. The number of aromatic nitrogens is 1. The van der Waals surface area contributed by atoms with Crippen molar-refractivity contribution in [3.05, 3.63) is 113 Å². The molecule has 0 unspecified atom stereocenters. The lowest BCUT2D eigenvalue weighted by molar-refractivity contribution is 0.0729. The van der Waals surface area contributed by atoms with Crippen molar-refractivity contribution in [2.75, 3.05) is 14.2 Å². The first-order chi connectivity index (χ1) is 19.9. The van der Waals surface area contributed by atoms with Crippen molar-refractivity contribution < 1.29 is 28.2 Å². The molecule has 5 rings (SSSR count). The number of para-hydroxylation sites is 1. The second-order valence-electron chi connectivity index (χ2n) is 8.75. The molecule has 0 aliphatic rings. The number of ether oxygens (including phenoxy) is 3. The monoisotopic (exact) mass is 571 g/mol. The lowest BCUT2D eigenvalue weighted by atomic mass is 10.0. The summed E-state index contributed by atoms with van der Waals surface area (Å²) in [6, 6.07) is 23.0. The SMILES string of the molecule is COc1cccc(C(=O)Oc2ccc(C=NNC(=O)c3[nH]c4c(F)cccc4c3-c3ccccc3Cl)cc2OC)c1. The highest BCUT2D eigenvalue weighted by Crippen LogP contribution is 2.37. The number of hydrogen-bond acceptors (Lipinski definition) is 6. The van der Waals surface area contributed by atoms with Crippen LogP contribution in [0.25, 0.3) is 22.0 Å². The van der Waals surface area contributed by atoms with Gasteiger partial charge in [0.25, 0.3) is 5.91 Å². The fourth-order valence-electron chi connectivity index (χ4n) is 4.27. The summed E-state index contributed by atoms with van der Waals surface area (Å²) < 4.78 is 30.6. The van der Waals surface area contributed by atoms with Crippen LogP contribution in [-0.4, -0.2) is 37.3 Å². The smallest absolute Gasteiger partial charge is 0.343 e. The summed E-state index contributed by atoms with van der Waals surface area (Å²) in [6.45, 7) is 0. The Morgan fingerprint density at radius 2 is 1.73 bits per heavy atom. The van der Waals surface area contributed by atoms with Crippen molar-refractivity contribution in [3.8, 4) is 28.4 Å². The molecule has 0 bridgehead atoms. The van der Waals surface area contributed by atoms with E-state index >= 15 is 0 Å². The molecule has 0 aliphatic heterocycles. The molecule has 10 heteroatoms. The minimum absolute atomic E-state index is 0.104. The highest BCUT2D eigenvalue weighted by molar-refractivity contribution is 6.34. The fourth-order valence-corrected chi connectivity index (χ4v) is 4.50. The number of carbonyl (C=O) groups is 2. The van der Waals surface area contributed by atoms with Crippen LogP contribution < -0.4 is 19.6 Å². The number of methoxy groups -OCH3 is 2. The topological polar surface area (TPSA) is 102 Å². The summed E-state index contributed by atoms with van der Waals surface area (Å²) in [7, 11) is 2.94. The Morgan fingerprint density at radius 3 is 2.51 bits per heavy atom. The first-order valence-electron chi connectivity index (χ1n) is 12.3. The van der Waals surface area contributed by atoms with Gasteiger partial charge in [0.2, 0.25) is 0 Å². The van der Waals surface area contributed by atoms with Crippen LogP contribution in [0.1, 0.15) is 26.4 Å². The standard InChI is InChI=1S/C31H23ClFN3O5/c1-39-20-8-5-7-19(16-20)31(38)41-25-14-13-18(15-26(25)40-2)17-34-36-30(37)29-27(21-9-3-4-11-23(21)32)22-10-6-12-24(33)28(22)35-29/h3-17,35H,1-2H3,(H,36,37). The molecule has 0 fully saturated rings. The molecule has 0 aliphatic carbocycles. The molecular formula is C31H23ClFN3O5. The molecule has 0 spiro atoms. The molecule has 4 aromatic carbocycles. The van der Waals surface area contributed by atoms with Gasteiger partial charge in [-0.1, -0.05) is 48.0 Å². The van der Waals surface area contributed by atoms with Gasteiger partial charge in [0.15, 0.2) is 11.5 Å². The first kappa shape index (κ1) is 27.4. The molecule has 0 atom stereocenters. The largest absolute Gasteiger partial charge is 0.497 e. The van der Waals surface area contributed by atoms with Crippen molar-refractivity contribution in [2.24, 2.45) is 5.10 Å². The Kier molecular flexibility index (Phi) is 7.98. The maximum Gasteiger partial charge on any atom is 0.343 e. The van der Waals surface area contributed by atoms with Gasteiger partial charge in [0.05, 0.1) is 31.5 Å². The third kappa shape index (κ3) is 5.75. The first-order valence-corrected chi connectivity index (χ1v) is 12.7. The number of hydrogen-bond donors (Lipinski definition) is 2. The minimum atomic E-state index is -0.595. The fraction of sp³-hybridized carbons (Fsp3) is 0.0645. The van der Waals surface area contributed by atoms with E-state index in [9.17, 15) is 14.0 Å². The van der Waals surface area contributed by atoms with Crippen LogP contribution in [0.15, 0.2) is 90.0 Å². The van der Waals surface area contributed by atoms with Crippen molar-refractivity contribution >= 4 is 40.6 Å². The van der Waals surface area contributed by atoms with Crippen LogP contribution in [0.5, 0.6) is 17.2 Å². The Balaban J connectivity index is 1.36. The summed E-state index contributed by atoms with van der Waals surface area (Å²) in [5.74, 6) is -0.675. The van der Waals surface area contributed by atoms with E-state index < -0.39 is 17.7 Å². The average Bonchev–Trinajstić information content (AvgIpc) is 3.39. The van der Waals surface area contributed by atoms with Crippen molar-refractivity contribution in [1.82, 2.24) is 10.4 Å². The van der Waals surface area contributed by atoms with E-state index in [0.29, 0.717) is 38.4 Å². The van der Waals surface area contributed by atoms with E-state index in [1.165, 1.54) is 26.5 Å². The zero-order valence-electron chi connectivity index (χ0n) is 21.9. The number of hydrazone groups is 1. The van der Waals surface area contributed by atoms with Crippen LogP contribution in [-0.2, 0) is 0 Å². The average molecular weight is 572 g/mol. The number of halogens is 2. The highest BCUT2D eigenvalue weighted by Gasteiger charge is 2.22. The zero-order chi connectivity index (χ0) is 28.9. The van der Waals surface area contributed by atoms with Gasteiger partial charge in [-0.25, -0.2) is 14.6 Å².